The molecule has 0 aliphatic rings. The fourth-order valence-electron chi connectivity index (χ4n) is 1.46. The molecular formula is C13H19NO2. The van der Waals surface area contributed by atoms with Gasteiger partial charge in [0.2, 0.25) is 0 Å². The number of carbonyl (C=O) groups excluding carboxylic acids is 1. The van der Waals surface area contributed by atoms with Crippen LogP contribution in [0.5, 0.6) is 5.75 Å². The summed E-state index contributed by atoms with van der Waals surface area (Å²) >= 11 is 0. The number of ether oxygens (including phenoxy) is 1. The molecule has 2 N–H and O–H groups in total. The molecule has 88 valence electrons. The van der Waals surface area contributed by atoms with E-state index in [2.05, 4.69) is 13.8 Å². The second-order valence-electron chi connectivity index (χ2n) is 4.01. The second kappa shape index (κ2) is 5.54. The molecule has 3 heteroatoms. The smallest absolute Gasteiger partial charge is 0.258 e. The van der Waals surface area contributed by atoms with E-state index in [4.69, 9.17) is 10.5 Å². The lowest BCUT2D eigenvalue weighted by molar-refractivity contribution is -0.124. The molecule has 1 aromatic carbocycles. The number of carbonyl (C=O) groups is 1. The molecule has 0 aromatic heterocycles. The number of amides is 1. The SMILES string of the molecule is CCC(C)c1ccccc1OC(C)C(N)=O. The number of nitrogens with two attached hydrogens (primary N) is 1. The number of para-hydroxylation sites is 1. The first kappa shape index (κ1) is 12.6. The molecule has 2 atom stereocenters. The normalized spacial score (nSPS) is 14.2. The highest BCUT2D eigenvalue weighted by atomic mass is 16.5. The van der Waals surface area contributed by atoms with E-state index < -0.39 is 12.0 Å². The van der Waals surface area contributed by atoms with Crippen molar-refractivity contribution in [1.82, 2.24) is 0 Å². The van der Waals surface area contributed by atoms with E-state index in [0.717, 1.165) is 17.7 Å². The molecule has 0 aliphatic heterocycles. The van der Waals surface area contributed by atoms with Crippen molar-refractivity contribution in [3.63, 3.8) is 0 Å². The third-order valence-electron chi connectivity index (χ3n) is 2.77. The molecule has 0 bridgehead atoms. The van der Waals surface area contributed by atoms with Crippen LogP contribution in [0.15, 0.2) is 24.3 Å². The molecule has 1 rings (SSSR count). The summed E-state index contributed by atoms with van der Waals surface area (Å²) in [4.78, 5) is 11.0. The molecule has 0 saturated carbocycles. The van der Waals surface area contributed by atoms with E-state index >= 15 is 0 Å². The predicted molar refractivity (Wildman–Crippen MR) is 64.4 cm³/mol. The van der Waals surface area contributed by atoms with E-state index in [1.165, 1.54) is 0 Å². The van der Waals surface area contributed by atoms with Crippen molar-refractivity contribution in [3.8, 4) is 5.75 Å². The molecule has 1 aromatic rings. The Morgan fingerprint density at radius 1 is 1.38 bits per heavy atom. The van der Waals surface area contributed by atoms with Crippen LogP contribution in [0.1, 0.15) is 38.7 Å². The Labute approximate surface area is 96.6 Å². The minimum absolute atomic E-state index is 0.413. The van der Waals surface area contributed by atoms with Crippen molar-refractivity contribution in [2.24, 2.45) is 5.73 Å². The van der Waals surface area contributed by atoms with E-state index in [1.807, 2.05) is 24.3 Å². The Bertz CT molecular complexity index is 363. The van der Waals surface area contributed by atoms with Gasteiger partial charge in [0, 0.05) is 0 Å². The number of rotatable bonds is 5. The van der Waals surface area contributed by atoms with Gasteiger partial charge in [-0.15, -0.1) is 0 Å². The van der Waals surface area contributed by atoms with Crippen molar-refractivity contribution in [2.75, 3.05) is 0 Å². The van der Waals surface area contributed by atoms with Crippen LogP contribution >= 0.6 is 0 Å². The largest absolute Gasteiger partial charge is 0.481 e. The van der Waals surface area contributed by atoms with Crippen LogP contribution in [0.4, 0.5) is 0 Å². The summed E-state index contributed by atoms with van der Waals surface area (Å²) in [6.07, 6.45) is 0.441. The fourth-order valence-corrected chi connectivity index (χ4v) is 1.46. The highest BCUT2D eigenvalue weighted by Crippen LogP contribution is 2.28. The van der Waals surface area contributed by atoms with E-state index in [0.29, 0.717) is 5.92 Å². The second-order valence-corrected chi connectivity index (χ2v) is 4.01. The van der Waals surface area contributed by atoms with Crippen LogP contribution in [0, 0.1) is 0 Å². The number of hydrogen-bond acceptors (Lipinski definition) is 2. The number of hydrogen-bond donors (Lipinski definition) is 1. The first-order valence-corrected chi connectivity index (χ1v) is 5.61. The first-order valence-electron chi connectivity index (χ1n) is 5.61. The Kier molecular flexibility index (Phi) is 4.35. The topological polar surface area (TPSA) is 52.3 Å². The molecule has 1 amide bonds. The van der Waals surface area contributed by atoms with E-state index in [-0.39, 0.29) is 0 Å². The first-order chi connectivity index (χ1) is 7.56. The van der Waals surface area contributed by atoms with Gasteiger partial charge in [-0.05, 0) is 30.9 Å². The predicted octanol–water partition coefficient (Wildman–Crippen LogP) is 2.45. The van der Waals surface area contributed by atoms with Crippen LogP contribution in [-0.2, 0) is 4.79 Å². The van der Waals surface area contributed by atoms with Crippen LogP contribution in [0.3, 0.4) is 0 Å². The third kappa shape index (κ3) is 2.99. The maximum Gasteiger partial charge on any atom is 0.258 e. The van der Waals surface area contributed by atoms with Crippen molar-refractivity contribution in [3.05, 3.63) is 29.8 Å². The fraction of sp³-hybridized carbons (Fsp3) is 0.462. The summed E-state index contributed by atoms with van der Waals surface area (Å²) in [5, 5.41) is 0. The van der Waals surface area contributed by atoms with Crippen molar-refractivity contribution < 1.29 is 9.53 Å². The van der Waals surface area contributed by atoms with Gasteiger partial charge in [-0.25, -0.2) is 0 Å². The zero-order valence-electron chi connectivity index (χ0n) is 10.1. The monoisotopic (exact) mass is 221 g/mol. The minimum Gasteiger partial charge on any atom is -0.481 e. The van der Waals surface area contributed by atoms with Gasteiger partial charge in [0.1, 0.15) is 5.75 Å². The molecule has 0 heterocycles. The molecule has 0 radical (unpaired) electrons. The molecule has 0 saturated heterocycles. The molecule has 2 unspecified atom stereocenters. The quantitative estimate of drug-likeness (QED) is 0.830. The summed E-state index contributed by atoms with van der Waals surface area (Å²) in [7, 11) is 0. The summed E-state index contributed by atoms with van der Waals surface area (Å²) < 4.78 is 5.56. The molecule has 0 fully saturated rings. The Hall–Kier alpha value is -1.51. The Morgan fingerprint density at radius 3 is 2.56 bits per heavy atom. The Morgan fingerprint density at radius 2 is 2.00 bits per heavy atom. The summed E-state index contributed by atoms with van der Waals surface area (Å²) in [6, 6.07) is 7.77. The van der Waals surface area contributed by atoms with Crippen molar-refractivity contribution >= 4 is 5.91 Å². The maximum atomic E-state index is 11.0. The zero-order valence-corrected chi connectivity index (χ0v) is 10.1. The maximum absolute atomic E-state index is 11.0. The van der Waals surface area contributed by atoms with Gasteiger partial charge in [0.25, 0.3) is 5.91 Å². The van der Waals surface area contributed by atoms with Crippen molar-refractivity contribution in [2.45, 2.75) is 39.2 Å². The minimum atomic E-state index is -0.592. The lowest BCUT2D eigenvalue weighted by Crippen LogP contribution is -2.31. The molecule has 3 nitrogen and oxygen atoms in total. The van der Waals surface area contributed by atoms with Gasteiger partial charge >= 0.3 is 0 Å². The van der Waals surface area contributed by atoms with Gasteiger partial charge in [-0.3, -0.25) is 4.79 Å². The molecule has 16 heavy (non-hydrogen) atoms. The van der Waals surface area contributed by atoms with Crippen LogP contribution in [-0.4, -0.2) is 12.0 Å². The standard InChI is InChI=1S/C13H19NO2/c1-4-9(2)11-7-5-6-8-12(11)16-10(3)13(14)15/h5-10H,4H2,1-3H3,(H2,14,15). The van der Waals surface area contributed by atoms with Gasteiger partial charge in [0.05, 0.1) is 0 Å². The number of primary amides is 1. The molecule has 0 aliphatic carbocycles. The van der Waals surface area contributed by atoms with Crippen LogP contribution in [0.25, 0.3) is 0 Å². The van der Waals surface area contributed by atoms with Gasteiger partial charge in [0.15, 0.2) is 6.10 Å². The molecular weight excluding hydrogens is 202 g/mol. The van der Waals surface area contributed by atoms with Gasteiger partial charge < -0.3 is 10.5 Å². The van der Waals surface area contributed by atoms with Crippen molar-refractivity contribution in [1.29, 1.82) is 0 Å². The Balaban J connectivity index is 2.90. The lowest BCUT2D eigenvalue weighted by Gasteiger charge is -2.18. The lowest BCUT2D eigenvalue weighted by atomic mass is 9.98. The zero-order chi connectivity index (χ0) is 12.1. The summed E-state index contributed by atoms with van der Waals surface area (Å²) in [5.41, 5.74) is 6.30. The average molecular weight is 221 g/mol. The third-order valence-corrected chi connectivity index (χ3v) is 2.77. The van der Waals surface area contributed by atoms with Crippen LogP contribution in [0.2, 0.25) is 0 Å². The number of benzene rings is 1. The van der Waals surface area contributed by atoms with Gasteiger partial charge in [-0.1, -0.05) is 32.0 Å². The summed E-state index contributed by atoms with van der Waals surface area (Å²) in [5.74, 6) is 0.721. The van der Waals surface area contributed by atoms with E-state index in [9.17, 15) is 4.79 Å². The average Bonchev–Trinajstić information content (AvgIpc) is 2.28. The summed E-state index contributed by atoms with van der Waals surface area (Å²) in [6.45, 7) is 5.92. The highest BCUT2D eigenvalue weighted by Gasteiger charge is 2.14. The van der Waals surface area contributed by atoms with Gasteiger partial charge in [-0.2, -0.15) is 0 Å². The van der Waals surface area contributed by atoms with E-state index in [1.54, 1.807) is 6.92 Å². The van der Waals surface area contributed by atoms with Crippen LogP contribution < -0.4 is 10.5 Å². The highest BCUT2D eigenvalue weighted by molar-refractivity contribution is 5.78. The molecule has 0 spiro atoms.